The van der Waals surface area contributed by atoms with Crippen molar-refractivity contribution >= 4 is 0 Å². The summed E-state index contributed by atoms with van der Waals surface area (Å²) in [6.45, 7) is 4.96. The monoisotopic (exact) mass is 224 g/mol. The fraction of sp³-hybridized carbons (Fsp3) is 1.00. The molecule has 2 heteroatoms. The van der Waals surface area contributed by atoms with E-state index in [0.29, 0.717) is 0 Å². The molecular weight excluding hydrogens is 196 g/mol. The van der Waals surface area contributed by atoms with Gasteiger partial charge < -0.3 is 10.2 Å². The molecule has 2 fully saturated rings. The molecule has 94 valence electrons. The molecule has 2 rings (SSSR count). The number of hydrogen-bond donors (Lipinski definition) is 1. The lowest BCUT2D eigenvalue weighted by Crippen LogP contribution is -2.46. The van der Waals surface area contributed by atoms with E-state index >= 15 is 0 Å². The molecule has 0 amide bonds. The van der Waals surface area contributed by atoms with E-state index in [-0.39, 0.29) is 0 Å². The van der Waals surface area contributed by atoms with Gasteiger partial charge in [0.05, 0.1) is 0 Å². The van der Waals surface area contributed by atoms with Crippen LogP contribution in [0.25, 0.3) is 0 Å². The summed E-state index contributed by atoms with van der Waals surface area (Å²) in [4.78, 5) is 2.45. The Morgan fingerprint density at radius 3 is 2.25 bits per heavy atom. The summed E-state index contributed by atoms with van der Waals surface area (Å²) in [6.07, 6.45) is 9.99. The molecule has 16 heavy (non-hydrogen) atoms. The van der Waals surface area contributed by atoms with Gasteiger partial charge in [-0.25, -0.2) is 0 Å². The maximum absolute atomic E-state index is 3.88. The van der Waals surface area contributed by atoms with Gasteiger partial charge in [0.15, 0.2) is 0 Å². The second-order valence-corrected chi connectivity index (χ2v) is 5.93. The Balaban J connectivity index is 1.71. The van der Waals surface area contributed by atoms with Crippen molar-refractivity contribution < 1.29 is 0 Å². The summed E-state index contributed by atoms with van der Waals surface area (Å²) in [5, 5.41) is 3.88. The first-order valence-electron chi connectivity index (χ1n) is 7.20. The Morgan fingerprint density at radius 2 is 1.62 bits per heavy atom. The van der Waals surface area contributed by atoms with Gasteiger partial charge in [-0.05, 0) is 58.7 Å². The van der Waals surface area contributed by atoms with Crippen LogP contribution in [0.4, 0.5) is 0 Å². The smallest absolute Gasteiger partial charge is 0.00939 e. The molecule has 1 heterocycles. The summed E-state index contributed by atoms with van der Waals surface area (Å²) < 4.78 is 0. The molecule has 1 aliphatic carbocycles. The zero-order valence-electron chi connectivity index (χ0n) is 11.0. The van der Waals surface area contributed by atoms with Gasteiger partial charge in [-0.2, -0.15) is 0 Å². The van der Waals surface area contributed by atoms with Crippen molar-refractivity contribution in [2.24, 2.45) is 5.92 Å². The van der Waals surface area contributed by atoms with Crippen molar-refractivity contribution in [3.05, 3.63) is 0 Å². The maximum Gasteiger partial charge on any atom is 0.00939 e. The van der Waals surface area contributed by atoms with Crippen LogP contribution >= 0.6 is 0 Å². The van der Waals surface area contributed by atoms with Crippen LogP contribution in [0, 0.1) is 5.92 Å². The minimum Gasteiger partial charge on any atom is -0.311 e. The van der Waals surface area contributed by atoms with Gasteiger partial charge in [0.1, 0.15) is 0 Å². The van der Waals surface area contributed by atoms with Crippen LogP contribution in [-0.4, -0.2) is 37.1 Å². The highest BCUT2D eigenvalue weighted by molar-refractivity contribution is 4.82. The van der Waals surface area contributed by atoms with Crippen molar-refractivity contribution in [3.8, 4) is 0 Å². The van der Waals surface area contributed by atoms with Gasteiger partial charge >= 0.3 is 0 Å². The minimum atomic E-state index is 0.744. The van der Waals surface area contributed by atoms with E-state index < -0.39 is 0 Å². The van der Waals surface area contributed by atoms with Gasteiger partial charge in [0, 0.05) is 12.1 Å². The highest BCUT2D eigenvalue weighted by Gasteiger charge is 2.23. The predicted molar refractivity (Wildman–Crippen MR) is 69.7 cm³/mol. The summed E-state index contributed by atoms with van der Waals surface area (Å²) in [5.74, 6) is 0.952. The zero-order valence-corrected chi connectivity index (χ0v) is 11.0. The van der Waals surface area contributed by atoms with E-state index in [9.17, 15) is 0 Å². The summed E-state index contributed by atoms with van der Waals surface area (Å²) in [7, 11) is 2.24. The molecule has 2 nitrogen and oxygen atoms in total. The lowest BCUT2D eigenvalue weighted by Gasteiger charge is -2.35. The SMILES string of the molecule is CC(NC1CCN(C)CC1)C1CCCCC1. The number of hydrogen-bond acceptors (Lipinski definition) is 2. The Kier molecular flexibility index (Phi) is 4.66. The molecule has 1 unspecified atom stereocenters. The van der Waals surface area contributed by atoms with Crippen LogP contribution in [0.1, 0.15) is 51.9 Å². The van der Waals surface area contributed by atoms with Crippen LogP contribution in [0.2, 0.25) is 0 Å². The average molecular weight is 224 g/mol. The van der Waals surface area contributed by atoms with Crippen molar-refractivity contribution in [1.82, 2.24) is 10.2 Å². The van der Waals surface area contributed by atoms with Gasteiger partial charge in [-0.15, -0.1) is 0 Å². The highest BCUT2D eigenvalue weighted by Crippen LogP contribution is 2.27. The lowest BCUT2D eigenvalue weighted by atomic mass is 9.84. The molecule has 0 aromatic rings. The molecular formula is C14H28N2. The second kappa shape index (κ2) is 6.02. The maximum atomic E-state index is 3.88. The first-order chi connectivity index (χ1) is 7.75. The number of likely N-dealkylation sites (tertiary alicyclic amines) is 1. The Morgan fingerprint density at radius 1 is 1.00 bits per heavy atom. The fourth-order valence-electron chi connectivity index (χ4n) is 3.32. The highest BCUT2D eigenvalue weighted by atomic mass is 15.1. The molecule has 0 aromatic carbocycles. The zero-order chi connectivity index (χ0) is 11.4. The molecule has 1 aliphatic heterocycles. The van der Waals surface area contributed by atoms with Gasteiger partial charge in [0.2, 0.25) is 0 Å². The molecule has 0 spiro atoms. The Labute approximate surface area is 101 Å². The van der Waals surface area contributed by atoms with Gasteiger partial charge in [-0.1, -0.05) is 19.3 Å². The normalized spacial score (nSPS) is 28.1. The van der Waals surface area contributed by atoms with Crippen molar-refractivity contribution in [1.29, 1.82) is 0 Å². The van der Waals surface area contributed by atoms with E-state index in [2.05, 4.69) is 24.2 Å². The molecule has 0 bridgehead atoms. The molecule has 2 aliphatic rings. The average Bonchev–Trinajstić information content (AvgIpc) is 2.33. The molecule has 0 radical (unpaired) electrons. The van der Waals surface area contributed by atoms with Crippen LogP contribution in [0.15, 0.2) is 0 Å². The van der Waals surface area contributed by atoms with Crippen LogP contribution < -0.4 is 5.32 Å². The number of piperidine rings is 1. The first kappa shape index (κ1) is 12.4. The van der Waals surface area contributed by atoms with E-state index in [1.54, 1.807) is 0 Å². The van der Waals surface area contributed by atoms with Crippen LogP contribution in [0.5, 0.6) is 0 Å². The lowest BCUT2D eigenvalue weighted by molar-refractivity contribution is 0.199. The molecule has 1 atom stereocenters. The van der Waals surface area contributed by atoms with E-state index in [1.807, 2.05) is 0 Å². The van der Waals surface area contributed by atoms with E-state index in [0.717, 1.165) is 18.0 Å². The third kappa shape index (κ3) is 3.46. The third-order valence-corrected chi connectivity index (χ3v) is 4.57. The topological polar surface area (TPSA) is 15.3 Å². The Hall–Kier alpha value is -0.0800. The third-order valence-electron chi connectivity index (χ3n) is 4.57. The van der Waals surface area contributed by atoms with Crippen LogP contribution in [0.3, 0.4) is 0 Å². The molecule has 0 aromatic heterocycles. The summed E-state index contributed by atoms with van der Waals surface area (Å²) >= 11 is 0. The second-order valence-electron chi connectivity index (χ2n) is 5.93. The van der Waals surface area contributed by atoms with Gasteiger partial charge in [-0.3, -0.25) is 0 Å². The van der Waals surface area contributed by atoms with Crippen molar-refractivity contribution in [2.75, 3.05) is 20.1 Å². The van der Waals surface area contributed by atoms with E-state index in [4.69, 9.17) is 0 Å². The van der Waals surface area contributed by atoms with Crippen molar-refractivity contribution in [2.45, 2.75) is 64.0 Å². The van der Waals surface area contributed by atoms with Crippen LogP contribution in [-0.2, 0) is 0 Å². The van der Waals surface area contributed by atoms with Crippen molar-refractivity contribution in [3.63, 3.8) is 0 Å². The molecule has 1 saturated carbocycles. The first-order valence-corrected chi connectivity index (χ1v) is 7.20. The summed E-state index contributed by atoms with van der Waals surface area (Å²) in [6, 6.07) is 1.53. The van der Waals surface area contributed by atoms with E-state index in [1.165, 1.54) is 58.0 Å². The number of nitrogens with one attached hydrogen (secondary N) is 1. The number of nitrogens with zero attached hydrogens (tertiary/aromatic N) is 1. The predicted octanol–water partition coefficient (Wildman–Crippen LogP) is 2.64. The number of rotatable bonds is 3. The summed E-state index contributed by atoms with van der Waals surface area (Å²) in [5.41, 5.74) is 0. The molecule has 1 saturated heterocycles. The minimum absolute atomic E-state index is 0.744. The largest absolute Gasteiger partial charge is 0.311 e. The molecule has 1 N–H and O–H groups in total. The quantitative estimate of drug-likeness (QED) is 0.793. The fourth-order valence-corrected chi connectivity index (χ4v) is 3.32. The van der Waals surface area contributed by atoms with Gasteiger partial charge in [0.25, 0.3) is 0 Å². The standard InChI is InChI=1S/C14H28N2/c1-12(13-6-4-3-5-7-13)15-14-8-10-16(2)11-9-14/h12-15H,3-11H2,1-2H3. The Bertz CT molecular complexity index is 191.